The number of hydrogen-bond acceptors (Lipinski definition) is 7. The highest BCUT2D eigenvalue weighted by molar-refractivity contribution is 7.89. The van der Waals surface area contributed by atoms with Gasteiger partial charge in [0.2, 0.25) is 15.9 Å². The monoisotopic (exact) mass is 525 g/mol. The van der Waals surface area contributed by atoms with Gasteiger partial charge in [-0.05, 0) is 62.2 Å². The number of aryl methyl sites for hydroxylation is 1. The van der Waals surface area contributed by atoms with Gasteiger partial charge in [-0.1, -0.05) is 29.0 Å². The molecule has 0 saturated carbocycles. The molecule has 4 aromatic rings. The van der Waals surface area contributed by atoms with E-state index in [0.717, 1.165) is 15.8 Å². The van der Waals surface area contributed by atoms with Crippen molar-refractivity contribution >= 4 is 42.6 Å². The summed E-state index contributed by atoms with van der Waals surface area (Å²) in [5, 5.41) is 0.540. The Bertz CT molecular complexity index is 1460. The summed E-state index contributed by atoms with van der Waals surface area (Å²) in [7, 11) is -2.09. The molecule has 188 valence electrons. The molecule has 1 aliphatic rings. The van der Waals surface area contributed by atoms with E-state index in [1.165, 1.54) is 15.6 Å². The number of carbonyl (C=O) groups is 1. The number of methoxy groups -OCH3 is 1. The van der Waals surface area contributed by atoms with Crippen LogP contribution in [-0.2, 0) is 21.4 Å². The summed E-state index contributed by atoms with van der Waals surface area (Å²) in [4.78, 5) is 20.4. The minimum absolute atomic E-state index is 0.127. The number of thiazole rings is 1. The number of amides is 1. The smallest absolute Gasteiger partial charge is 0.243 e. The predicted octanol–water partition coefficient (Wildman–Crippen LogP) is 4.84. The number of nitrogens with zero attached hydrogens (tertiary/aromatic N) is 3. The molecule has 2 aromatic carbocycles. The highest BCUT2D eigenvalue weighted by atomic mass is 32.2. The number of aromatic nitrogens is 1. The Labute approximate surface area is 214 Å². The molecule has 0 N–H and O–H groups in total. The lowest BCUT2D eigenvalue weighted by atomic mass is 9.98. The average Bonchev–Trinajstić information content (AvgIpc) is 3.56. The summed E-state index contributed by atoms with van der Waals surface area (Å²) in [6.07, 6.45) is 2.77. The van der Waals surface area contributed by atoms with Gasteiger partial charge in [-0.3, -0.25) is 9.69 Å². The molecule has 2 aromatic heterocycles. The molecule has 1 amide bonds. The van der Waals surface area contributed by atoms with Gasteiger partial charge in [0, 0.05) is 13.1 Å². The van der Waals surface area contributed by atoms with E-state index in [9.17, 15) is 13.2 Å². The third kappa shape index (κ3) is 4.88. The fourth-order valence-corrected chi connectivity index (χ4v) is 6.90. The molecular formula is C26H27N3O5S2. The van der Waals surface area contributed by atoms with Gasteiger partial charge in [0.1, 0.15) is 11.5 Å². The Balaban J connectivity index is 1.43. The summed E-state index contributed by atoms with van der Waals surface area (Å²) in [5.41, 5.74) is 1.75. The van der Waals surface area contributed by atoms with Gasteiger partial charge < -0.3 is 9.15 Å². The molecule has 8 nitrogen and oxygen atoms in total. The quantitative estimate of drug-likeness (QED) is 0.343. The van der Waals surface area contributed by atoms with Crippen LogP contribution < -0.4 is 9.64 Å². The van der Waals surface area contributed by atoms with E-state index in [4.69, 9.17) is 14.1 Å². The van der Waals surface area contributed by atoms with Crippen molar-refractivity contribution in [2.75, 3.05) is 25.1 Å². The van der Waals surface area contributed by atoms with Crippen molar-refractivity contribution in [1.82, 2.24) is 9.29 Å². The van der Waals surface area contributed by atoms with Crippen molar-refractivity contribution in [3.05, 3.63) is 72.2 Å². The van der Waals surface area contributed by atoms with Crippen molar-refractivity contribution in [3.8, 4) is 5.75 Å². The number of fused-ring (bicyclic) bond motifs is 1. The molecular weight excluding hydrogens is 498 g/mol. The number of carbonyl (C=O) groups excluding carboxylic acids is 1. The fourth-order valence-electron chi connectivity index (χ4n) is 4.38. The molecule has 10 heteroatoms. The molecule has 0 bridgehead atoms. The molecule has 36 heavy (non-hydrogen) atoms. The molecule has 0 radical (unpaired) electrons. The molecule has 1 fully saturated rings. The molecule has 5 rings (SSSR count). The Morgan fingerprint density at radius 3 is 2.75 bits per heavy atom. The van der Waals surface area contributed by atoms with Crippen LogP contribution in [-0.4, -0.2) is 43.8 Å². The van der Waals surface area contributed by atoms with E-state index in [1.807, 2.05) is 31.2 Å². The number of hydrogen-bond donors (Lipinski definition) is 0. The zero-order valence-electron chi connectivity index (χ0n) is 20.1. The lowest BCUT2D eigenvalue weighted by Gasteiger charge is -2.33. The maximum Gasteiger partial charge on any atom is 0.243 e. The van der Waals surface area contributed by atoms with Gasteiger partial charge >= 0.3 is 0 Å². The van der Waals surface area contributed by atoms with E-state index in [0.29, 0.717) is 36.0 Å². The number of furan rings is 1. The van der Waals surface area contributed by atoms with Crippen LogP contribution in [0.3, 0.4) is 0 Å². The molecule has 3 heterocycles. The SMILES string of the molecule is COc1ccc2nc(N(Cc3ccco3)C(=O)C3CCCN(S(=O)(=O)c4ccc(C)cc4)C3)sc2c1. The molecule has 0 aliphatic carbocycles. The lowest BCUT2D eigenvalue weighted by Crippen LogP contribution is -2.46. The third-order valence-electron chi connectivity index (χ3n) is 6.37. The molecule has 0 spiro atoms. The van der Waals surface area contributed by atoms with Crippen molar-refractivity contribution < 1.29 is 22.4 Å². The topological polar surface area (TPSA) is 92.9 Å². The minimum atomic E-state index is -3.70. The number of ether oxygens (including phenoxy) is 1. The van der Waals surface area contributed by atoms with Gasteiger partial charge in [0.05, 0.1) is 40.9 Å². The van der Waals surface area contributed by atoms with Gasteiger partial charge in [-0.25, -0.2) is 13.4 Å². The van der Waals surface area contributed by atoms with Gasteiger partial charge in [0.15, 0.2) is 5.13 Å². The van der Waals surface area contributed by atoms with Crippen molar-refractivity contribution in [2.45, 2.75) is 31.2 Å². The molecule has 1 unspecified atom stereocenters. The number of anilines is 1. The Morgan fingerprint density at radius 1 is 1.22 bits per heavy atom. The van der Waals surface area contributed by atoms with E-state index >= 15 is 0 Å². The van der Waals surface area contributed by atoms with Gasteiger partial charge in [-0.2, -0.15) is 4.31 Å². The van der Waals surface area contributed by atoms with Gasteiger partial charge in [0.25, 0.3) is 0 Å². The predicted molar refractivity (Wildman–Crippen MR) is 139 cm³/mol. The first kappa shape index (κ1) is 24.5. The first-order valence-corrected chi connectivity index (χ1v) is 14.0. The zero-order valence-corrected chi connectivity index (χ0v) is 21.7. The standard InChI is InChI=1S/C26H27N3O5S2/c1-18-7-10-22(11-8-18)36(31,32)28-13-3-5-19(16-28)25(30)29(17-21-6-4-14-34-21)26-27-23-12-9-20(33-2)15-24(23)35-26/h4,6-12,14-15,19H,3,5,13,16-17H2,1-2H3. The van der Waals surface area contributed by atoms with Crippen LogP contribution in [0.25, 0.3) is 10.2 Å². The Morgan fingerprint density at radius 2 is 2.03 bits per heavy atom. The van der Waals surface area contributed by atoms with Crippen molar-refractivity contribution in [1.29, 1.82) is 0 Å². The second-order valence-electron chi connectivity index (χ2n) is 8.85. The van der Waals surface area contributed by atoms with E-state index in [1.54, 1.807) is 48.6 Å². The van der Waals surface area contributed by atoms with Crippen LogP contribution in [0.15, 0.2) is 70.2 Å². The minimum Gasteiger partial charge on any atom is -0.497 e. The van der Waals surface area contributed by atoms with E-state index in [-0.39, 0.29) is 23.9 Å². The summed E-state index contributed by atoms with van der Waals surface area (Å²) < 4.78 is 39.8. The molecule has 1 saturated heterocycles. The van der Waals surface area contributed by atoms with E-state index in [2.05, 4.69) is 0 Å². The summed E-state index contributed by atoms with van der Waals surface area (Å²) in [6.45, 7) is 2.64. The molecule has 1 atom stereocenters. The second-order valence-corrected chi connectivity index (χ2v) is 11.8. The second kappa shape index (κ2) is 10.0. The largest absolute Gasteiger partial charge is 0.497 e. The maximum atomic E-state index is 13.9. The summed E-state index contributed by atoms with van der Waals surface area (Å²) in [5.74, 6) is 0.683. The number of sulfonamides is 1. The highest BCUT2D eigenvalue weighted by Gasteiger charge is 2.36. The Kier molecular flexibility index (Phi) is 6.83. The lowest BCUT2D eigenvalue weighted by molar-refractivity contribution is -0.123. The number of rotatable bonds is 7. The summed E-state index contributed by atoms with van der Waals surface area (Å²) in [6, 6.07) is 16.0. The van der Waals surface area contributed by atoms with Crippen LogP contribution in [0.5, 0.6) is 5.75 Å². The van der Waals surface area contributed by atoms with Crippen LogP contribution >= 0.6 is 11.3 Å². The molecule has 1 aliphatic heterocycles. The number of benzene rings is 2. The first-order chi connectivity index (χ1) is 17.3. The first-order valence-electron chi connectivity index (χ1n) is 11.7. The van der Waals surface area contributed by atoms with Crippen LogP contribution in [0.1, 0.15) is 24.2 Å². The zero-order chi connectivity index (χ0) is 25.3. The third-order valence-corrected chi connectivity index (χ3v) is 9.29. The van der Waals surface area contributed by atoms with Gasteiger partial charge in [-0.15, -0.1) is 0 Å². The summed E-state index contributed by atoms with van der Waals surface area (Å²) >= 11 is 1.39. The average molecular weight is 526 g/mol. The fraction of sp³-hybridized carbons (Fsp3) is 0.308. The van der Waals surface area contributed by atoms with Crippen molar-refractivity contribution in [2.24, 2.45) is 5.92 Å². The van der Waals surface area contributed by atoms with Crippen LogP contribution in [0, 0.1) is 12.8 Å². The Hall–Kier alpha value is -3.21. The van der Waals surface area contributed by atoms with Crippen LogP contribution in [0.2, 0.25) is 0 Å². The van der Waals surface area contributed by atoms with E-state index < -0.39 is 15.9 Å². The van der Waals surface area contributed by atoms with Crippen LogP contribution in [0.4, 0.5) is 5.13 Å². The number of piperidine rings is 1. The van der Waals surface area contributed by atoms with Crippen molar-refractivity contribution in [3.63, 3.8) is 0 Å². The highest BCUT2D eigenvalue weighted by Crippen LogP contribution is 2.34. The maximum absolute atomic E-state index is 13.9. The normalized spacial score (nSPS) is 16.8.